The maximum Gasteiger partial charge on any atom is 0.251 e. The molecule has 1 amide bonds. The van der Waals surface area contributed by atoms with Gasteiger partial charge in [-0.1, -0.05) is 68.1 Å². The number of thioether (sulfide) groups is 1. The molecule has 5 heteroatoms. The highest BCUT2D eigenvalue weighted by molar-refractivity contribution is 8.03. The third-order valence-electron chi connectivity index (χ3n) is 5.22. The fraction of sp³-hybridized carbons (Fsp3) is 0.286. The number of carbonyl (C=O) groups excluding carboxylic acids is 1. The minimum absolute atomic E-state index is 0.123. The fourth-order valence-electron chi connectivity index (χ4n) is 3.52. The van der Waals surface area contributed by atoms with Gasteiger partial charge in [0.05, 0.1) is 13.2 Å². The smallest absolute Gasteiger partial charge is 0.251 e. The number of hydrogen-bond acceptors (Lipinski definition) is 4. The Morgan fingerprint density at radius 3 is 2.67 bits per heavy atom. The van der Waals surface area contributed by atoms with Gasteiger partial charge < -0.3 is 10.1 Å². The summed E-state index contributed by atoms with van der Waals surface area (Å²) in [4.78, 5) is 19.8. The van der Waals surface area contributed by atoms with E-state index in [4.69, 9.17) is 9.73 Å². The highest BCUT2D eigenvalue weighted by Crippen LogP contribution is 2.33. The third-order valence-corrected chi connectivity index (χ3v) is 6.32. The Morgan fingerprint density at radius 1 is 1.15 bits per heavy atom. The first-order valence-electron chi connectivity index (χ1n) is 11.5. The molecular formula is C28H32N2O2S. The van der Waals surface area contributed by atoms with E-state index in [-0.39, 0.29) is 5.91 Å². The predicted molar refractivity (Wildman–Crippen MR) is 139 cm³/mol. The van der Waals surface area contributed by atoms with E-state index in [9.17, 15) is 4.79 Å². The lowest BCUT2D eigenvalue weighted by molar-refractivity contribution is -0.117. The van der Waals surface area contributed by atoms with Gasteiger partial charge in [-0.05, 0) is 55.7 Å². The molecule has 0 spiro atoms. The lowest BCUT2D eigenvalue weighted by Crippen LogP contribution is -2.26. The highest BCUT2D eigenvalue weighted by Gasteiger charge is 2.15. The number of benzene rings is 2. The van der Waals surface area contributed by atoms with Gasteiger partial charge in [0.15, 0.2) is 0 Å². The van der Waals surface area contributed by atoms with Crippen LogP contribution in [0.2, 0.25) is 0 Å². The zero-order valence-electron chi connectivity index (χ0n) is 19.5. The summed E-state index contributed by atoms with van der Waals surface area (Å²) in [6.07, 6.45) is 8.21. The van der Waals surface area contributed by atoms with Crippen molar-refractivity contribution in [2.45, 2.75) is 38.0 Å². The number of amides is 1. The van der Waals surface area contributed by atoms with E-state index < -0.39 is 0 Å². The molecule has 0 atom stereocenters. The summed E-state index contributed by atoms with van der Waals surface area (Å²) in [6.45, 7) is 9.79. The lowest BCUT2D eigenvalue weighted by atomic mass is 10.1. The van der Waals surface area contributed by atoms with Crippen molar-refractivity contribution < 1.29 is 9.53 Å². The van der Waals surface area contributed by atoms with E-state index in [0.717, 1.165) is 41.2 Å². The van der Waals surface area contributed by atoms with Gasteiger partial charge in [-0.2, -0.15) is 0 Å². The Bertz CT molecular complexity index is 1050. The van der Waals surface area contributed by atoms with E-state index in [1.165, 1.54) is 10.5 Å². The number of nitrogens with zero attached hydrogens (tertiary/aromatic N) is 1. The molecule has 0 unspecified atom stereocenters. The summed E-state index contributed by atoms with van der Waals surface area (Å²) in [5, 5.41) is 2.99. The summed E-state index contributed by atoms with van der Waals surface area (Å²) < 4.78 is 5.47. The standard InChI is InChI=1S/C28H32N2O2S/c1-4-9-26-25-10-7-8-11-27(25)33-24(20-30-26)17-14-22(5-2)28(31)29-19-18-21-12-15-23(16-13-21)32-6-3/h5,7-8,10-17H,2,4,6,9,18-20H2,1,3H3,(H,29,31)/b22-14+,24-17+. The Balaban J connectivity index is 1.62. The quantitative estimate of drug-likeness (QED) is 0.342. The van der Waals surface area contributed by atoms with Gasteiger partial charge in [0.25, 0.3) is 5.91 Å². The second-order valence-corrected chi connectivity index (χ2v) is 8.82. The Labute approximate surface area is 201 Å². The lowest BCUT2D eigenvalue weighted by Gasteiger charge is -2.08. The fourth-order valence-corrected chi connectivity index (χ4v) is 4.51. The summed E-state index contributed by atoms with van der Waals surface area (Å²) in [5.74, 6) is 0.738. The molecule has 1 heterocycles. The topological polar surface area (TPSA) is 50.7 Å². The van der Waals surface area contributed by atoms with Gasteiger partial charge in [-0.3, -0.25) is 9.79 Å². The van der Waals surface area contributed by atoms with Crippen LogP contribution in [0.15, 0.2) is 93.7 Å². The van der Waals surface area contributed by atoms with Crippen LogP contribution in [0.3, 0.4) is 0 Å². The molecule has 0 aliphatic carbocycles. The number of aliphatic imine (C=N–C) groups is 1. The number of fused-ring (bicyclic) bond motifs is 1. The van der Waals surface area contributed by atoms with Crippen molar-refractivity contribution in [3.63, 3.8) is 0 Å². The number of hydrogen-bond donors (Lipinski definition) is 1. The van der Waals surface area contributed by atoms with Gasteiger partial charge in [-0.15, -0.1) is 0 Å². The van der Waals surface area contributed by atoms with Crippen molar-refractivity contribution in [1.29, 1.82) is 0 Å². The number of carbonyl (C=O) groups is 1. The van der Waals surface area contributed by atoms with Crippen LogP contribution in [-0.2, 0) is 11.2 Å². The molecule has 0 fully saturated rings. The van der Waals surface area contributed by atoms with Crippen LogP contribution >= 0.6 is 11.8 Å². The molecule has 172 valence electrons. The van der Waals surface area contributed by atoms with Crippen molar-refractivity contribution in [3.05, 3.63) is 94.9 Å². The van der Waals surface area contributed by atoms with E-state index in [1.54, 1.807) is 17.8 Å². The van der Waals surface area contributed by atoms with Crippen molar-refractivity contribution in [1.82, 2.24) is 5.32 Å². The van der Waals surface area contributed by atoms with Gasteiger partial charge in [0.1, 0.15) is 5.75 Å². The average Bonchev–Trinajstić information content (AvgIpc) is 3.00. The highest BCUT2D eigenvalue weighted by atomic mass is 32.2. The van der Waals surface area contributed by atoms with Crippen molar-refractivity contribution in [2.75, 3.05) is 19.7 Å². The van der Waals surface area contributed by atoms with Gasteiger partial charge >= 0.3 is 0 Å². The van der Waals surface area contributed by atoms with Crippen LogP contribution < -0.4 is 10.1 Å². The van der Waals surface area contributed by atoms with Crippen molar-refractivity contribution >= 4 is 23.4 Å². The van der Waals surface area contributed by atoms with E-state index >= 15 is 0 Å². The summed E-state index contributed by atoms with van der Waals surface area (Å²) >= 11 is 1.72. The zero-order chi connectivity index (χ0) is 23.5. The molecule has 0 radical (unpaired) electrons. The van der Waals surface area contributed by atoms with Gasteiger partial charge in [-0.25, -0.2) is 0 Å². The maximum absolute atomic E-state index is 12.6. The Kier molecular flexibility index (Phi) is 9.58. The second kappa shape index (κ2) is 12.9. The predicted octanol–water partition coefficient (Wildman–Crippen LogP) is 6.14. The van der Waals surface area contributed by atoms with E-state index in [2.05, 4.69) is 43.1 Å². The first-order valence-corrected chi connectivity index (χ1v) is 12.3. The largest absolute Gasteiger partial charge is 0.494 e. The minimum Gasteiger partial charge on any atom is -0.494 e. The molecule has 4 nitrogen and oxygen atoms in total. The van der Waals surface area contributed by atoms with Crippen LogP contribution in [0.1, 0.15) is 37.8 Å². The van der Waals surface area contributed by atoms with Crippen LogP contribution in [0, 0.1) is 0 Å². The monoisotopic (exact) mass is 460 g/mol. The SMILES string of the molecule is C=C/C(=C\C=C1/CN=C(CCC)c2ccccc2S1)C(=O)NCCc1ccc(OCC)cc1. The third kappa shape index (κ3) is 7.22. The number of nitrogens with one attached hydrogen (secondary N) is 1. The molecule has 1 aliphatic rings. The van der Waals surface area contributed by atoms with E-state index in [0.29, 0.717) is 25.3 Å². The maximum atomic E-state index is 12.6. The summed E-state index contributed by atoms with van der Waals surface area (Å²) in [7, 11) is 0. The normalized spacial score (nSPS) is 14.8. The molecule has 0 saturated carbocycles. The van der Waals surface area contributed by atoms with Crippen LogP contribution in [0.25, 0.3) is 0 Å². The van der Waals surface area contributed by atoms with Crippen LogP contribution in [-0.4, -0.2) is 31.3 Å². The van der Waals surface area contributed by atoms with Crippen LogP contribution in [0.4, 0.5) is 0 Å². The molecular weight excluding hydrogens is 428 g/mol. The average molecular weight is 461 g/mol. The molecule has 0 saturated heterocycles. The zero-order valence-corrected chi connectivity index (χ0v) is 20.3. The molecule has 1 aliphatic heterocycles. The molecule has 3 rings (SSSR count). The van der Waals surface area contributed by atoms with Crippen molar-refractivity contribution in [2.24, 2.45) is 4.99 Å². The molecule has 2 aromatic rings. The summed E-state index contributed by atoms with van der Waals surface area (Å²) in [6, 6.07) is 16.4. The molecule has 2 aromatic carbocycles. The first-order chi connectivity index (χ1) is 16.1. The summed E-state index contributed by atoms with van der Waals surface area (Å²) in [5.41, 5.74) is 4.07. The molecule has 33 heavy (non-hydrogen) atoms. The Morgan fingerprint density at radius 2 is 1.94 bits per heavy atom. The van der Waals surface area contributed by atoms with Gasteiger partial charge in [0, 0.05) is 33.2 Å². The number of allylic oxidation sites excluding steroid dienone is 2. The molecule has 0 aromatic heterocycles. The first kappa shape index (κ1) is 24.6. The van der Waals surface area contributed by atoms with Gasteiger partial charge in [0.2, 0.25) is 0 Å². The van der Waals surface area contributed by atoms with E-state index in [1.807, 2.05) is 43.3 Å². The van der Waals surface area contributed by atoms with Crippen molar-refractivity contribution in [3.8, 4) is 5.75 Å². The minimum atomic E-state index is -0.123. The second-order valence-electron chi connectivity index (χ2n) is 7.65. The molecule has 1 N–H and O–H groups in total. The number of ether oxygens (including phenoxy) is 1. The Hall–Kier alpha value is -3.05. The van der Waals surface area contributed by atoms with Crippen LogP contribution in [0.5, 0.6) is 5.75 Å². The number of rotatable bonds is 10. The molecule has 0 bridgehead atoms.